The predicted molar refractivity (Wildman–Crippen MR) is 65.6 cm³/mol. The molecule has 0 heterocycles. The molecule has 2 atom stereocenters. The first-order chi connectivity index (χ1) is 7.13. The summed E-state index contributed by atoms with van der Waals surface area (Å²) in [4.78, 5) is 0.930. The summed E-state index contributed by atoms with van der Waals surface area (Å²) in [7, 11) is -0.888. The molecule has 0 aliphatic carbocycles. The fraction of sp³-hybridized carbons (Fsp3) is 0.500. The van der Waals surface area contributed by atoms with Gasteiger partial charge in [0.2, 0.25) is 0 Å². The fourth-order valence-electron chi connectivity index (χ4n) is 1.49. The van der Waals surface area contributed by atoms with Crippen LogP contribution in [0.5, 0.6) is 0 Å². The molecule has 0 amide bonds. The summed E-state index contributed by atoms with van der Waals surface area (Å²) in [5.41, 5.74) is 1.16. The van der Waals surface area contributed by atoms with Crippen molar-refractivity contribution in [3.8, 4) is 0 Å². The highest BCUT2D eigenvalue weighted by Gasteiger charge is 2.08. The Morgan fingerprint density at radius 3 is 2.80 bits per heavy atom. The van der Waals surface area contributed by atoms with E-state index in [9.17, 15) is 4.21 Å². The number of nitrogens with one attached hydrogen (secondary N) is 1. The van der Waals surface area contributed by atoms with Crippen LogP contribution in [0, 0.1) is 6.92 Å². The molecule has 1 aromatic rings. The highest BCUT2D eigenvalue weighted by Crippen LogP contribution is 2.09. The van der Waals surface area contributed by atoms with E-state index >= 15 is 0 Å². The van der Waals surface area contributed by atoms with Gasteiger partial charge in [0, 0.05) is 16.7 Å². The van der Waals surface area contributed by atoms with Crippen molar-refractivity contribution >= 4 is 10.8 Å². The average molecular weight is 225 g/mol. The molecule has 0 bridgehead atoms. The zero-order valence-corrected chi connectivity index (χ0v) is 10.4. The van der Waals surface area contributed by atoms with Gasteiger partial charge in [-0.15, -0.1) is 0 Å². The van der Waals surface area contributed by atoms with Crippen LogP contribution in [0.4, 0.5) is 0 Å². The number of benzene rings is 1. The highest BCUT2D eigenvalue weighted by molar-refractivity contribution is 7.85. The van der Waals surface area contributed by atoms with E-state index < -0.39 is 10.8 Å². The Labute approximate surface area is 94.5 Å². The molecule has 0 saturated heterocycles. The van der Waals surface area contributed by atoms with Crippen LogP contribution in [0.3, 0.4) is 0 Å². The largest absolute Gasteiger partial charge is 0.314 e. The summed E-state index contributed by atoms with van der Waals surface area (Å²) < 4.78 is 12.0. The summed E-state index contributed by atoms with van der Waals surface area (Å²) in [6, 6.07) is 8.21. The van der Waals surface area contributed by atoms with Crippen molar-refractivity contribution in [1.29, 1.82) is 0 Å². The maximum atomic E-state index is 12.0. The van der Waals surface area contributed by atoms with Crippen molar-refractivity contribution < 1.29 is 4.21 Å². The van der Waals surface area contributed by atoms with Gasteiger partial charge in [0.15, 0.2) is 0 Å². The van der Waals surface area contributed by atoms with Gasteiger partial charge in [-0.3, -0.25) is 4.21 Å². The lowest BCUT2D eigenvalue weighted by molar-refractivity contribution is 0.607. The van der Waals surface area contributed by atoms with E-state index in [0.717, 1.165) is 17.0 Å². The maximum Gasteiger partial charge on any atom is 0.0545 e. The van der Waals surface area contributed by atoms with E-state index in [4.69, 9.17) is 0 Å². The first-order valence-corrected chi connectivity index (χ1v) is 6.63. The van der Waals surface area contributed by atoms with Crippen molar-refractivity contribution in [2.75, 3.05) is 12.3 Å². The Bertz CT molecular complexity index is 338. The van der Waals surface area contributed by atoms with Gasteiger partial charge in [-0.05, 0) is 38.1 Å². The molecule has 0 spiro atoms. The van der Waals surface area contributed by atoms with Crippen molar-refractivity contribution in [3.05, 3.63) is 29.8 Å². The van der Waals surface area contributed by atoms with Gasteiger partial charge in [0.05, 0.1) is 10.8 Å². The van der Waals surface area contributed by atoms with Gasteiger partial charge >= 0.3 is 0 Å². The Hall–Kier alpha value is -0.670. The first kappa shape index (κ1) is 12.4. The number of aryl methyl sites for hydroxylation is 1. The molecule has 0 radical (unpaired) electrons. The van der Waals surface area contributed by atoms with Crippen molar-refractivity contribution in [3.63, 3.8) is 0 Å². The lowest BCUT2D eigenvalue weighted by atomic mass is 10.2. The van der Waals surface area contributed by atoms with Crippen LogP contribution in [0.15, 0.2) is 29.2 Å². The van der Waals surface area contributed by atoms with Crippen LogP contribution in [0.2, 0.25) is 0 Å². The van der Waals surface area contributed by atoms with Crippen LogP contribution in [-0.4, -0.2) is 22.5 Å². The van der Waals surface area contributed by atoms with E-state index in [0.29, 0.717) is 11.8 Å². The SMILES string of the molecule is CCNC(C)CS(=O)c1cccc(C)c1. The van der Waals surface area contributed by atoms with Gasteiger partial charge in [-0.2, -0.15) is 0 Å². The minimum absolute atomic E-state index is 0.302. The highest BCUT2D eigenvalue weighted by atomic mass is 32.2. The van der Waals surface area contributed by atoms with Gasteiger partial charge < -0.3 is 5.32 Å². The standard InChI is InChI=1S/C12H19NOS/c1-4-13-11(3)9-15(14)12-7-5-6-10(2)8-12/h5-8,11,13H,4,9H2,1-3H3. The molecule has 3 heteroatoms. The van der Waals surface area contributed by atoms with Gasteiger partial charge in [0.1, 0.15) is 0 Å². The Morgan fingerprint density at radius 1 is 1.47 bits per heavy atom. The van der Waals surface area contributed by atoms with Crippen LogP contribution in [0.1, 0.15) is 19.4 Å². The second-order valence-corrected chi connectivity index (χ2v) is 5.28. The number of hydrogen-bond acceptors (Lipinski definition) is 2. The molecule has 2 nitrogen and oxygen atoms in total. The van der Waals surface area contributed by atoms with Crippen LogP contribution in [-0.2, 0) is 10.8 Å². The second kappa shape index (κ2) is 6.03. The fourth-order valence-corrected chi connectivity index (χ4v) is 2.80. The number of hydrogen-bond donors (Lipinski definition) is 1. The normalized spacial score (nSPS) is 14.9. The van der Waals surface area contributed by atoms with Gasteiger partial charge in [-0.1, -0.05) is 19.1 Å². The van der Waals surface area contributed by atoms with E-state index in [-0.39, 0.29) is 0 Å². The van der Waals surface area contributed by atoms with Crippen molar-refractivity contribution in [2.45, 2.75) is 31.7 Å². The summed E-state index contributed by atoms with van der Waals surface area (Å²) in [6.45, 7) is 7.07. The smallest absolute Gasteiger partial charge is 0.0545 e. The minimum atomic E-state index is -0.888. The Balaban J connectivity index is 2.61. The summed E-state index contributed by atoms with van der Waals surface area (Å²) in [5.74, 6) is 0.678. The summed E-state index contributed by atoms with van der Waals surface area (Å²) >= 11 is 0. The van der Waals surface area contributed by atoms with Crippen molar-refractivity contribution in [2.24, 2.45) is 0 Å². The van der Waals surface area contributed by atoms with E-state index in [2.05, 4.69) is 19.2 Å². The van der Waals surface area contributed by atoms with Crippen LogP contribution in [0.25, 0.3) is 0 Å². The molecule has 15 heavy (non-hydrogen) atoms. The van der Waals surface area contributed by atoms with E-state index in [1.54, 1.807) is 0 Å². The van der Waals surface area contributed by atoms with Crippen LogP contribution < -0.4 is 5.32 Å². The molecule has 0 aromatic heterocycles. The quantitative estimate of drug-likeness (QED) is 0.831. The molecule has 0 saturated carbocycles. The lowest BCUT2D eigenvalue weighted by Crippen LogP contribution is -2.30. The molecule has 1 rings (SSSR count). The lowest BCUT2D eigenvalue weighted by Gasteiger charge is -2.11. The van der Waals surface area contributed by atoms with Crippen LogP contribution >= 0.6 is 0 Å². The average Bonchev–Trinajstić information content (AvgIpc) is 2.18. The third-order valence-corrected chi connectivity index (χ3v) is 3.79. The zero-order valence-electron chi connectivity index (χ0n) is 9.62. The number of rotatable bonds is 5. The Kier molecular flexibility index (Phi) is 4.99. The molecular weight excluding hydrogens is 206 g/mol. The molecule has 1 aromatic carbocycles. The predicted octanol–water partition coefficient (Wildman–Crippen LogP) is 2.10. The van der Waals surface area contributed by atoms with Crippen molar-refractivity contribution in [1.82, 2.24) is 5.32 Å². The van der Waals surface area contributed by atoms with Gasteiger partial charge in [-0.25, -0.2) is 0 Å². The zero-order chi connectivity index (χ0) is 11.3. The molecule has 0 aliphatic heterocycles. The third-order valence-electron chi connectivity index (χ3n) is 2.21. The van der Waals surface area contributed by atoms with E-state index in [1.807, 2.05) is 31.2 Å². The monoisotopic (exact) mass is 225 g/mol. The third kappa shape index (κ3) is 4.14. The molecule has 0 fully saturated rings. The Morgan fingerprint density at radius 2 is 2.20 bits per heavy atom. The second-order valence-electron chi connectivity index (χ2n) is 3.79. The van der Waals surface area contributed by atoms with Gasteiger partial charge in [0.25, 0.3) is 0 Å². The molecule has 1 N–H and O–H groups in total. The first-order valence-electron chi connectivity index (χ1n) is 5.32. The molecule has 2 unspecified atom stereocenters. The van der Waals surface area contributed by atoms with E-state index in [1.165, 1.54) is 0 Å². The maximum absolute atomic E-state index is 12.0. The molecule has 0 aliphatic rings. The topological polar surface area (TPSA) is 29.1 Å². The molecular formula is C12H19NOS. The minimum Gasteiger partial charge on any atom is -0.314 e. The summed E-state index contributed by atoms with van der Waals surface area (Å²) in [6.07, 6.45) is 0. The summed E-state index contributed by atoms with van der Waals surface area (Å²) in [5, 5.41) is 3.27. The molecule has 84 valence electrons.